The maximum atomic E-state index is 12.3. The highest BCUT2D eigenvalue weighted by Gasteiger charge is 2.23. The second-order valence-electron chi connectivity index (χ2n) is 6.31. The third kappa shape index (κ3) is 4.37. The van der Waals surface area contributed by atoms with E-state index >= 15 is 0 Å². The van der Waals surface area contributed by atoms with Crippen molar-refractivity contribution in [2.75, 3.05) is 43.4 Å². The molecule has 3 rings (SSSR count). The summed E-state index contributed by atoms with van der Waals surface area (Å²) in [6.07, 6.45) is 0. The lowest BCUT2D eigenvalue weighted by atomic mass is 10.2. The first-order valence-corrected chi connectivity index (χ1v) is 8.74. The predicted molar refractivity (Wildman–Crippen MR) is 103 cm³/mol. The number of amides is 1. The maximum Gasteiger partial charge on any atom is 0.338 e. The third-order valence-corrected chi connectivity index (χ3v) is 4.54. The zero-order valence-corrected chi connectivity index (χ0v) is 15.1. The summed E-state index contributed by atoms with van der Waals surface area (Å²) in [4.78, 5) is 38.4. The number of piperazine rings is 1. The van der Waals surface area contributed by atoms with E-state index in [1.807, 2.05) is 30.3 Å². The molecule has 1 saturated heterocycles. The van der Waals surface area contributed by atoms with Crippen LogP contribution in [-0.4, -0.2) is 54.5 Å². The number of nitro benzene ring substituents is 1. The second-order valence-corrected chi connectivity index (χ2v) is 6.31. The Hall–Kier alpha value is -3.62. The molecule has 2 N–H and O–H groups in total. The molecule has 1 aliphatic rings. The van der Waals surface area contributed by atoms with Gasteiger partial charge < -0.3 is 20.3 Å². The highest BCUT2D eigenvalue weighted by molar-refractivity contribution is 5.92. The average molecular weight is 384 g/mol. The van der Waals surface area contributed by atoms with Crippen molar-refractivity contribution < 1.29 is 19.2 Å². The quantitative estimate of drug-likeness (QED) is 0.360. The number of esters is 1. The van der Waals surface area contributed by atoms with Crippen molar-refractivity contribution >= 4 is 28.9 Å². The van der Waals surface area contributed by atoms with Crippen LogP contribution < -0.4 is 10.6 Å². The number of nitro groups is 1. The van der Waals surface area contributed by atoms with Crippen LogP contribution in [0.1, 0.15) is 10.4 Å². The van der Waals surface area contributed by atoms with Gasteiger partial charge in [0.25, 0.3) is 11.6 Å². The summed E-state index contributed by atoms with van der Waals surface area (Å²) in [6, 6.07) is 13.6. The van der Waals surface area contributed by atoms with Gasteiger partial charge in [-0.05, 0) is 24.3 Å². The Morgan fingerprint density at radius 1 is 1.07 bits per heavy atom. The molecular weight excluding hydrogens is 364 g/mol. The van der Waals surface area contributed by atoms with Crippen LogP contribution in [0.15, 0.2) is 48.5 Å². The summed E-state index contributed by atoms with van der Waals surface area (Å²) < 4.78 is 5.02. The first-order chi connectivity index (χ1) is 13.5. The molecule has 0 bridgehead atoms. The topological polar surface area (TPSA) is 119 Å². The lowest BCUT2D eigenvalue weighted by molar-refractivity contribution is -0.383. The molecule has 1 fully saturated rings. The first-order valence-electron chi connectivity index (χ1n) is 8.74. The van der Waals surface area contributed by atoms with Crippen LogP contribution in [0, 0.1) is 10.1 Å². The molecule has 2 aromatic carbocycles. The van der Waals surface area contributed by atoms with E-state index in [4.69, 9.17) is 10.5 Å². The Morgan fingerprint density at radius 2 is 1.75 bits per heavy atom. The predicted octanol–water partition coefficient (Wildman–Crippen LogP) is 1.68. The molecule has 0 atom stereocenters. The Bertz CT molecular complexity index is 879. The molecule has 146 valence electrons. The zero-order valence-electron chi connectivity index (χ0n) is 15.1. The van der Waals surface area contributed by atoms with Crippen molar-refractivity contribution in [3.05, 3.63) is 64.2 Å². The van der Waals surface area contributed by atoms with Crippen LogP contribution in [0.3, 0.4) is 0 Å². The summed E-state index contributed by atoms with van der Waals surface area (Å²) in [6.45, 7) is 2.02. The van der Waals surface area contributed by atoms with Gasteiger partial charge in [-0.2, -0.15) is 0 Å². The first kappa shape index (κ1) is 19.2. The van der Waals surface area contributed by atoms with Crippen LogP contribution >= 0.6 is 0 Å². The van der Waals surface area contributed by atoms with E-state index in [-0.39, 0.29) is 22.8 Å². The standard InChI is InChI=1S/C19H20N4O5/c20-16-7-6-14(12-17(16)23(26)27)19(25)28-13-18(24)22-10-8-21(9-11-22)15-4-2-1-3-5-15/h1-7,12H,8-11,13,20H2. The number of carbonyl (C=O) groups is 2. The van der Waals surface area contributed by atoms with Gasteiger partial charge in [0.05, 0.1) is 10.5 Å². The van der Waals surface area contributed by atoms with Gasteiger partial charge in [-0.1, -0.05) is 18.2 Å². The molecule has 0 radical (unpaired) electrons. The number of carbonyl (C=O) groups excluding carboxylic acids is 2. The summed E-state index contributed by atoms with van der Waals surface area (Å²) in [5.41, 5.74) is 6.16. The van der Waals surface area contributed by atoms with Crippen molar-refractivity contribution in [3.63, 3.8) is 0 Å². The molecule has 0 unspecified atom stereocenters. The highest BCUT2D eigenvalue weighted by atomic mass is 16.6. The number of nitrogens with two attached hydrogens (primary N) is 1. The summed E-state index contributed by atoms with van der Waals surface area (Å²) >= 11 is 0. The molecule has 9 nitrogen and oxygen atoms in total. The number of ether oxygens (including phenoxy) is 1. The largest absolute Gasteiger partial charge is 0.452 e. The third-order valence-electron chi connectivity index (χ3n) is 4.54. The molecular formula is C19H20N4O5. The number of nitrogens with zero attached hydrogens (tertiary/aromatic N) is 3. The van der Waals surface area contributed by atoms with Crippen molar-refractivity contribution in [3.8, 4) is 0 Å². The lowest BCUT2D eigenvalue weighted by Gasteiger charge is -2.36. The van der Waals surface area contributed by atoms with Gasteiger partial charge >= 0.3 is 5.97 Å². The minimum absolute atomic E-state index is 0.0254. The fourth-order valence-electron chi connectivity index (χ4n) is 2.98. The highest BCUT2D eigenvalue weighted by Crippen LogP contribution is 2.22. The Morgan fingerprint density at radius 3 is 2.39 bits per heavy atom. The minimum Gasteiger partial charge on any atom is -0.452 e. The molecule has 1 heterocycles. The Balaban J connectivity index is 1.51. The van der Waals surface area contributed by atoms with Crippen molar-refractivity contribution in [2.24, 2.45) is 0 Å². The van der Waals surface area contributed by atoms with Crippen molar-refractivity contribution in [2.45, 2.75) is 0 Å². The van der Waals surface area contributed by atoms with E-state index in [1.54, 1.807) is 4.90 Å². The summed E-state index contributed by atoms with van der Waals surface area (Å²) in [5, 5.41) is 10.9. The number of hydrogen-bond donors (Lipinski definition) is 1. The number of hydrogen-bond acceptors (Lipinski definition) is 7. The maximum absolute atomic E-state index is 12.3. The molecule has 0 aromatic heterocycles. The summed E-state index contributed by atoms with van der Waals surface area (Å²) in [5.74, 6) is -1.11. The van der Waals surface area contributed by atoms with E-state index < -0.39 is 17.5 Å². The average Bonchev–Trinajstić information content (AvgIpc) is 2.72. The Labute approximate surface area is 161 Å². The van der Waals surface area contributed by atoms with Crippen LogP contribution in [0.25, 0.3) is 0 Å². The van der Waals surface area contributed by atoms with Gasteiger partial charge in [-0.3, -0.25) is 14.9 Å². The fourth-order valence-corrected chi connectivity index (χ4v) is 2.98. The second kappa shape index (κ2) is 8.38. The molecule has 0 saturated carbocycles. The van der Waals surface area contributed by atoms with Gasteiger partial charge in [0.2, 0.25) is 0 Å². The molecule has 0 aliphatic carbocycles. The molecule has 28 heavy (non-hydrogen) atoms. The lowest BCUT2D eigenvalue weighted by Crippen LogP contribution is -2.49. The molecule has 0 spiro atoms. The monoisotopic (exact) mass is 384 g/mol. The number of para-hydroxylation sites is 1. The van der Waals surface area contributed by atoms with E-state index in [9.17, 15) is 19.7 Å². The zero-order chi connectivity index (χ0) is 20.1. The molecule has 1 aliphatic heterocycles. The smallest absolute Gasteiger partial charge is 0.338 e. The number of nitrogen functional groups attached to an aromatic ring is 1. The molecule has 2 aromatic rings. The van der Waals surface area contributed by atoms with Crippen LogP contribution in [-0.2, 0) is 9.53 Å². The van der Waals surface area contributed by atoms with Crippen LogP contribution in [0.4, 0.5) is 17.1 Å². The van der Waals surface area contributed by atoms with Gasteiger partial charge in [-0.25, -0.2) is 4.79 Å². The molecule has 1 amide bonds. The van der Waals surface area contributed by atoms with E-state index in [2.05, 4.69) is 4.90 Å². The van der Waals surface area contributed by atoms with Crippen LogP contribution in [0.5, 0.6) is 0 Å². The SMILES string of the molecule is Nc1ccc(C(=O)OCC(=O)N2CCN(c3ccccc3)CC2)cc1[N+](=O)[O-]. The summed E-state index contributed by atoms with van der Waals surface area (Å²) in [7, 11) is 0. The van der Waals surface area contributed by atoms with E-state index in [1.165, 1.54) is 12.1 Å². The van der Waals surface area contributed by atoms with Crippen molar-refractivity contribution in [1.82, 2.24) is 4.90 Å². The normalized spacial score (nSPS) is 13.9. The minimum atomic E-state index is -0.806. The van der Waals surface area contributed by atoms with E-state index in [0.29, 0.717) is 26.2 Å². The van der Waals surface area contributed by atoms with Gasteiger partial charge in [0.1, 0.15) is 5.69 Å². The number of benzene rings is 2. The fraction of sp³-hybridized carbons (Fsp3) is 0.263. The molecule has 9 heteroatoms. The van der Waals surface area contributed by atoms with Gasteiger partial charge in [0, 0.05) is 37.9 Å². The van der Waals surface area contributed by atoms with Crippen LogP contribution in [0.2, 0.25) is 0 Å². The van der Waals surface area contributed by atoms with Crippen molar-refractivity contribution in [1.29, 1.82) is 0 Å². The Kier molecular flexibility index (Phi) is 5.73. The number of rotatable bonds is 5. The van der Waals surface area contributed by atoms with Gasteiger partial charge in [-0.15, -0.1) is 0 Å². The van der Waals surface area contributed by atoms with E-state index in [0.717, 1.165) is 11.8 Å². The van der Waals surface area contributed by atoms with Gasteiger partial charge in [0.15, 0.2) is 6.61 Å². The number of anilines is 2.